The number of aromatic amines is 1. The fourth-order valence-corrected chi connectivity index (χ4v) is 1.61. The molecule has 1 amide bonds. The molecule has 18 heavy (non-hydrogen) atoms. The number of nitrogens with one attached hydrogen (secondary N) is 2. The van der Waals surface area contributed by atoms with Crippen LogP contribution in [0.2, 0.25) is 0 Å². The Morgan fingerprint density at radius 2 is 2.17 bits per heavy atom. The van der Waals surface area contributed by atoms with Crippen LogP contribution in [0, 0.1) is 13.8 Å². The summed E-state index contributed by atoms with van der Waals surface area (Å²) >= 11 is 0. The van der Waals surface area contributed by atoms with E-state index in [1.54, 1.807) is 13.8 Å². The van der Waals surface area contributed by atoms with Gasteiger partial charge in [0.05, 0.1) is 11.3 Å². The third-order valence-electron chi connectivity index (χ3n) is 2.57. The summed E-state index contributed by atoms with van der Waals surface area (Å²) < 4.78 is 4.81. The van der Waals surface area contributed by atoms with Crippen molar-refractivity contribution >= 4 is 11.9 Å². The largest absolute Gasteiger partial charge is 0.480 e. The summed E-state index contributed by atoms with van der Waals surface area (Å²) in [6, 6.07) is -0.967. The van der Waals surface area contributed by atoms with E-state index in [2.05, 4.69) is 15.5 Å². The summed E-state index contributed by atoms with van der Waals surface area (Å²) in [5, 5.41) is 18.0. The first-order valence-electron chi connectivity index (χ1n) is 5.51. The van der Waals surface area contributed by atoms with E-state index in [0.717, 1.165) is 0 Å². The molecule has 0 radical (unpaired) electrons. The number of aliphatic carboxylic acids is 1. The lowest BCUT2D eigenvalue weighted by molar-refractivity contribution is -0.139. The van der Waals surface area contributed by atoms with Gasteiger partial charge in [0.1, 0.15) is 6.04 Å². The average molecular weight is 255 g/mol. The fraction of sp³-hybridized carbons (Fsp3) is 0.545. The van der Waals surface area contributed by atoms with Crippen molar-refractivity contribution < 1.29 is 19.4 Å². The Hall–Kier alpha value is -1.89. The van der Waals surface area contributed by atoms with Gasteiger partial charge in [0.2, 0.25) is 0 Å². The predicted octanol–water partition coefficient (Wildman–Crippen LogP) is 0.246. The molecule has 0 bridgehead atoms. The average Bonchev–Trinajstić information content (AvgIpc) is 2.63. The Balaban J connectivity index is 2.75. The van der Waals surface area contributed by atoms with E-state index in [9.17, 15) is 9.59 Å². The maximum absolute atomic E-state index is 12.0. The zero-order valence-electron chi connectivity index (χ0n) is 10.6. The summed E-state index contributed by atoms with van der Waals surface area (Å²) in [6.45, 7) is 3.66. The first-order chi connectivity index (χ1) is 8.47. The maximum atomic E-state index is 12.0. The molecule has 0 aliphatic rings. The van der Waals surface area contributed by atoms with Crippen molar-refractivity contribution in [2.24, 2.45) is 0 Å². The van der Waals surface area contributed by atoms with E-state index in [1.807, 2.05) is 0 Å². The van der Waals surface area contributed by atoms with Crippen molar-refractivity contribution in [2.75, 3.05) is 13.7 Å². The predicted molar refractivity (Wildman–Crippen MR) is 63.4 cm³/mol. The van der Waals surface area contributed by atoms with Crippen molar-refractivity contribution in [1.82, 2.24) is 15.5 Å². The summed E-state index contributed by atoms with van der Waals surface area (Å²) in [7, 11) is 1.48. The number of H-pyrrole nitrogens is 1. The van der Waals surface area contributed by atoms with Gasteiger partial charge < -0.3 is 15.2 Å². The highest BCUT2D eigenvalue weighted by Gasteiger charge is 2.23. The summed E-state index contributed by atoms with van der Waals surface area (Å²) in [6.07, 6.45) is 0.216. The quantitative estimate of drug-likeness (QED) is 0.675. The molecule has 3 N–H and O–H groups in total. The minimum absolute atomic E-state index is 0.216. The van der Waals surface area contributed by atoms with Crippen LogP contribution in [0.5, 0.6) is 0 Å². The molecule has 0 aliphatic heterocycles. The lowest BCUT2D eigenvalue weighted by Crippen LogP contribution is -2.41. The van der Waals surface area contributed by atoms with Crippen LogP contribution >= 0.6 is 0 Å². The van der Waals surface area contributed by atoms with Crippen LogP contribution in [0.4, 0.5) is 0 Å². The molecule has 0 saturated carbocycles. The molecule has 0 aliphatic carbocycles. The van der Waals surface area contributed by atoms with Crippen molar-refractivity contribution in [3.8, 4) is 0 Å². The molecule has 1 rings (SSSR count). The normalized spacial score (nSPS) is 12.2. The molecular weight excluding hydrogens is 238 g/mol. The highest BCUT2D eigenvalue weighted by Crippen LogP contribution is 2.09. The lowest BCUT2D eigenvalue weighted by Gasteiger charge is -2.14. The first-order valence-corrected chi connectivity index (χ1v) is 5.51. The van der Waals surface area contributed by atoms with E-state index in [-0.39, 0.29) is 13.0 Å². The van der Waals surface area contributed by atoms with Crippen LogP contribution in [0.25, 0.3) is 0 Å². The summed E-state index contributed by atoms with van der Waals surface area (Å²) in [4.78, 5) is 22.9. The van der Waals surface area contributed by atoms with Crippen LogP contribution in [0.1, 0.15) is 28.2 Å². The monoisotopic (exact) mass is 255 g/mol. The van der Waals surface area contributed by atoms with E-state index in [4.69, 9.17) is 9.84 Å². The summed E-state index contributed by atoms with van der Waals surface area (Å²) in [5.41, 5.74) is 1.54. The second-order valence-corrected chi connectivity index (χ2v) is 3.95. The molecule has 1 aromatic heterocycles. The van der Waals surface area contributed by atoms with Gasteiger partial charge in [-0.15, -0.1) is 0 Å². The molecule has 7 nitrogen and oxygen atoms in total. The number of aryl methyl sites for hydroxylation is 2. The van der Waals surface area contributed by atoms with E-state index >= 15 is 0 Å². The van der Waals surface area contributed by atoms with Gasteiger partial charge >= 0.3 is 5.97 Å². The minimum Gasteiger partial charge on any atom is -0.480 e. The second-order valence-electron chi connectivity index (χ2n) is 3.95. The van der Waals surface area contributed by atoms with Gasteiger partial charge in [-0.05, 0) is 13.8 Å². The number of nitrogens with zero attached hydrogens (tertiary/aromatic N) is 1. The van der Waals surface area contributed by atoms with Gasteiger partial charge in [-0.25, -0.2) is 4.79 Å². The third kappa shape index (κ3) is 3.30. The Labute approximate surface area is 105 Å². The molecule has 0 aromatic carbocycles. The van der Waals surface area contributed by atoms with Crippen molar-refractivity contribution in [3.63, 3.8) is 0 Å². The zero-order valence-corrected chi connectivity index (χ0v) is 10.6. The van der Waals surface area contributed by atoms with Crippen LogP contribution < -0.4 is 5.32 Å². The Morgan fingerprint density at radius 3 is 2.61 bits per heavy atom. The highest BCUT2D eigenvalue weighted by molar-refractivity contribution is 5.98. The number of amides is 1. The highest BCUT2D eigenvalue weighted by atomic mass is 16.5. The topological polar surface area (TPSA) is 104 Å². The molecule has 1 unspecified atom stereocenters. The fourth-order valence-electron chi connectivity index (χ4n) is 1.61. The number of hydrogen-bond donors (Lipinski definition) is 3. The Bertz CT molecular complexity index is 422. The van der Waals surface area contributed by atoms with Crippen molar-refractivity contribution in [2.45, 2.75) is 26.3 Å². The number of ether oxygens (including phenoxy) is 1. The van der Waals surface area contributed by atoms with Crippen LogP contribution in [0.15, 0.2) is 0 Å². The minimum atomic E-state index is -1.08. The van der Waals surface area contributed by atoms with Gasteiger partial charge in [0.15, 0.2) is 0 Å². The smallest absolute Gasteiger partial charge is 0.326 e. The van der Waals surface area contributed by atoms with Gasteiger partial charge in [-0.1, -0.05) is 0 Å². The van der Waals surface area contributed by atoms with Gasteiger partial charge in [-0.2, -0.15) is 5.10 Å². The number of methoxy groups -OCH3 is 1. The van der Waals surface area contributed by atoms with E-state index < -0.39 is 17.9 Å². The van der Waals surface area contributed by atoms with Gasteiger partial charge in [-0.3, -0.25) is 9.89 Å². The van der Waals surface area contributed by atoms with E-state index in [1.165, 1.54) is 7.11 Å². The molecule has 0 fully saturated rings. The third-order valence-corrected chi connectivity index (χ3v) is 2.57. The molecule has 7 heteroatoms. The van der Waals surface area contributed by atoms with Crippen LogP contribution in [-0.4, -0.2) is 46.9 Å². The number of aromatic nitrogens is 2. The molecule has 1 aromatic rings. The lowest BCUT2D eigenvalue weighted by atomic mass is 10.1. The van der Waals surface area contributed by atoms with Crippen molar-refractivity contribution in [1.29, 1.82) is 0 Å². The molecular formula is C11H17N3O4. The number of hydrogen-bond acceptors (Lipinski definition) is 4. The SMILES string of the molecule is COCCC(NC(=O)c1c(C)n[nH]c1C)C(=O)O. The van der Waals surface area contributed by atoms with Gasteiger partial charge in [0.25, 0.3) is 5.91 Å². The summed E-state index contributed by atoms with van der Waals surface area (Å²) in [5.74, 6) is -1.53. The number of carboxylic acids is 1. The van der Waals surface area contributed by atoms with E-state index in [0.29, 0.717) is 17.0 Å². The molecule has 0 spiro atoms. The first kappa shape index (κ1) is 14.2. The molecule has 1 atom stereocenters. The number of carboxylic acid groups (broad SMARTS) is 1. The number of carbonyl (C=O) groups is 2. The molecule has 1 heterocycles. The molecule has 0 saturated heterocycles. The number of rotatable bonds is 6. The Kier molecular flexibility index (Phi) is 4.85. The van der Waals surface area contributed by atoms with Crippen LogP contribution in [0.3, 0.4) is 0 Å². The Morgan fingerprint density at radius 1 is 1.50 bits per heavy atom. The molecule has 100 valence electrons. The standard InChI is InChI=1S/C11H17N3O4/c1-6-9(7(2)14-13-6)10(15)12-8(11(16)17)4-5-18-3/h8H,4-5H2,1-3H3,(H,12,15)(H,13,14)(H,16,17). The zero-order chi connectivity index (χ0) is 13.7. The maximum Gasteiger partial charge on any atom is 0.326 e. The number of carbonyl (C=O) groups excluding carboxylic acids is 1. The van der Waals surface area contributed by atoms with Gasteiger partial charge in [0, 0.05) is 25.8 Å². The second kappa shape index (κ2) is 6.15. The van der Waals surface area contributed by atoms with Crippen molar-refractivity contribution in [3.05, 3.63) is 17.0 Å². The van der Waals surface area contributed by atoms with Crippen LogP contribution in [-0.2, 0) is 9.53 Å².